The molecular formula is C15H29NO3S. The van der Waals surface area contributed by atoms with E-state index in [0.717, 1.165) is 5.92 Å². The van der Waals surface area contributed by atoms with Crippen LogP contribution in [0.3, 0.4) is 0 Å². The second kappa shape index (κ2) is 6.32. The van der Waals surface area contributed by atoms with Crippen LogP contribution in [-0.4, -0.2) is 45.2 Å². The predicted octanol–water partition coefficient (Wildman–Crippen LogP) is 1.99. The molecule has 20 heavy (non-hydrogen) atoms. The molecule has 0 radical (unpaired) electrons. The van der Waals surface area contributed by atoms with Crippen LogP contribution in [-0.2, 0) is 14.6 Å². The number of ether oxygens (including phenoxy) is 1. The van der Waals surface area contributed by atoms with E-state index in [1.54, 1.807) is 0 Å². The van der Waals surface area contributed by atoms with Gasteiger partial charge >= 0.3 is 0 Å². The first-order chi connectivity index (χ1) is 9.36. The van der Waals surface area contributed by atoms with Crippen LogP contribution in [0.5, 0.6) is 0 Å². The van der Waals surface area contributed by atoms with Gasteiger partial charge in [0, 0.05) is 32.1 Å². The van der Waals surface area contributed by atoms with Gasteiger partial charge in [-0.2, -0.15) is 0 Å². The van der Waals surface area contributed by atoms with Crippen LogP contribution in [0.15, 0.2) is 0 Å². The first-order valence-corrected chi connectivity index (χ1v) is 9.76. The molecule has 1 heterocycles. The van der Waals surface area contributed by atoms with E-state index in [2.05, 4.69) is 19.2 Å². The molecule has 2 aliphatic rings. The molecule has 2 rings (SSSR count). The Morgan fingerprint density at radius 2 is 1.85 bits per heavy atom. The summed E-state index contributed by atoms with van der Waals surface area (Å²) in [7, 11) is -3.06. The van der Waals surface area contributed by atoms with Gasteiger partial charge in [0.25, 0.3) is 0 Å². The second-order valence-electron chi connectivity index (χ2n) is 6.82. The number of hydrogen-bond donors (Lipinski definition) is 1. The van der Waals surface area contributed by atoms with Crippen LogP contribution in [0.2, 0.25) is 0 Å². The smallest absolute Gasteiger partial charge is 0.154 e. The van der Waals surface area contributed by atoms with E-state index in [0.29, 0.717) is 44.6 Å². The van der Waals surface area contributed by atoms with Crippen molar-refractivity contribution >= 4 is 9.84 Å². The second-order valence-corrected chi connectivity index (χ2v) is 9.23. The van der Waals surface area contributed by atoms with Gasteiger partial charge in [0.2, 0.25) is 0 Å². The predicted molar refractivity (Wildman–Crippen MR) is 81.6 cm³/mol. The quantitative estimate of drug-likeness (QED) is 0.863. The Morgan fingerprint density at radius 3 is 2.45 bits per heavy atom. The fourth-order valence-electron chi connectivity index (χ4n) is 3.61. The maximum absolute atomic E-state index is 12.2. The zero-order valence-electron chi connectivity index (χ0n) is 13.0. The van der Waals surface area contributed by atoms with Crippen LogP contribution in [0.25, 0.3) is 0 Å². The summed E-state index contributed by atoms with van der Waals surface area (Å²) in [6, 6.07) is 0.459. The van der Waals surface area contributed by atoms with Gasteiger partial charge in [-0.05, 0) is 31.1 Å². The van der Waals surface area contributed by atoms with E-state index in [1.165, 1.54) is 25.5 Å². The molecule has 5 heteroatoms. The van der Waals surface area contributed by atoms with Crippen molar-refractivity contribution in [1.82, 2.24) is 5.32 Å². The molecule has 0 amide bonds. The van der Waals surface area contributed by atoms with Gasteiger partial charge in [-0.15, -0.1) is 0 Å². The van der Waals surface area contributed by atoms with Gasteiger partial charge in [0.05, 0.1) is 4.75 Å². The van der Waals surface area contributed by atoms with Gasteiger partial charge in [0.1, 0.15) is 0 Å². The van der Waals surface area contributed by atoms with E-state index in [9.17, 15) is 8.42 Å². The number of rotatable bonds is 4. The fourth-order valence-corrected chi connectivity index (χ4v) is 4.86. The third-order valence-electron chi connectivity index (χ3n) is 5.58. The molecule has 2 fully saturated rings. The van der Waals surface area contributed by atoms with Gasteiger partial charge in [-0.25, -0.2) is 8.42 Å². The molecule has 1 aliphatic heterocycles. The lowest BCUT2D eigenvalue weighted by Crippen LogP contribution is -2.54. The third-order valence-corrected chi connectivity index (χ3v) is 7.71. The molecule has 1 saturated heterocycles. The highest BCUT2D eigenvalue weighted by Gasteiger charge is 2.43. The Hall–Kier alpha value is -0.130. The summed E-state index contributed by atoms with van der Waals surface area (Å²) in [6.07, 6.45) is 6.34. The Balaban J connectivity index is 2.02. The molecule has 1 N–H and O–H groups in total. The largest absolute Gasteiger partial charge is 0.381 e. The van der Waals surface area contributed by atoms with Gasteiger partial charge in [-0.1, -0.05) is 26.7 Å². The average molecular weight is 303 g/mol. The van der Waals surface area contributed by atoms with E-state index in [1.807, 2.05) is 0 Å². The molecule has 0 aromatic heterocycles. The molecule has 4 nitrogen and oxygen atoms in total. The van der Waals surface area contributed by atoms with Crippen LogP contribution in [0.4, 0.5) is 0 Å². The first-order valence-electron chi connectivity index (χ1n) is 7.86. The topological polar surface area (TPSA) is 55.4 Å². The van der Waals surface area contributed by atoms with Crippen LogP contribution >= 0.6 is 0 Å². The highest BCUT2D eigenvalue weighted by atomic mass is 32.2. The summed E-state index contributed by atoms with van der Waals surface area (Å²) < 4.78 is 29.2. The standard InChI is InChI=1S/C15H29NO3S/c1-12-5-4-6-14(13(12)2)16-11-15(20(3,17)18)7-9-19-10-8-15/h12-14,16H,4-11H2,1-3H3/t12-,13-,14+/m1/s1. The van der Waals surface area contributed by atoms with Crippen molar-refractivity contribution in [3.05, 3.63) is 0 Å². The van der Waals surface area contributed by atoms with Crippen molar-refractivity contribution in [3.8, 4) is 0 Å². The molecule has 0 unspecified atom stereocenters. The summed E-state index contributed by atoms with van der Waals surface area (Å²) in [5.74, 6) is 1.35. The molecule has 0 aromatic rings. The van der Waals surface area contributed by atoms with Crippen molar-refractivity contribution in [3.63, 3.8) is 0 Å². The van der Waals surface area contributed by atoms with Crippen molar-refractivity contribution in [2.24, 2.45) is 11.8 Å². The lowest BCUT2D eigenvalue weighted by Gasteiger charge is -2.40. The lowest BCUT2D eigenvalue weighted by molar-refractivity contribution is 0.0717. The minimum Gasteiger partial charge on any atom is -0.381 e. The van der Waals surface area contributed by atoms with Gasteiger partial charge in [-0.3, -0.25) is 0 Å². The molecule has 118 valence electrons. The molecule has 3 atom stereocenters. The zero-order valence-corrected chi connectivity index (χ0v) is 13.8. The summed E-state index contributed by atoms with van der Waals surface area (Å²) in [5.41, 5.74) is 0. The Morgan fingerprint density at radius 1 is 1.20 bits per heavy atom. The SMILES string of the molecule is C[C@@H]1[C@H](C)CCC[C@@H]1NCC1(S(C)(=O)=O)CCOCC1. The van der Waals surface area contributed by atoms with Gasteiger partial charge < -0.3 is 10.1 Å². The zero-order chi connectivity index (χ0) is 14.8. The van der Waals surface area contributed by atoms with Crippen molar-refractivity contribution in [1.29, 1.82) is 0 Å². The van der Waals surface area contributed by atoms with E-state index < -0.39 is 14.6 Å². The normalized spacial score (nSPS) is 34.9. The fraction of sp³-hybridized carbons (Fsp3) is 1.00. The van der Waals surface area contributed by atoms with Crippen molar-refractivity contribution < 1.29 is 13.2 Å². The van der Waals surface area contributed by atoms with Crippen molar-refractivity contribution in [2.45, 2.75) is 56.7 Å². The van der Waals surface area contributed by atoms with Crippen LogP contribution in [0.1, 0.15) is 46.0 Å². The van der Waals surface area contributed by atoms with Crippen molar-refractivity contribution in [2.75, 3.05) is 26.0 Å². The Kier molecular flexibility index (Phi) is 5.14. The molecule has 0 bridgehead atoms. The molecular weight excluding hydrogens is 274 g/mol. The highest BCUT2D eigenvalue weighted by molar-refractivity contribution is 7.92. The van der Waals surface area contributed by atoms with E-state index in [-0.39, 0.29) is 0 Å². The maximum Gasteiger partial charge on any atom is 0.154 e. The molecule has 1 saturated carbocycles. The summed E-state index contributed by atoms with van der Waals surface area (Å²) in [4.78, 5) is 0. The third kappa shape index (κ3) is 3.37. The monoisotopic (exact) mass is 303 g/mol. The minimum absolute atomic E-state index is 0.459. The van der Waals surface area contributed by atoms with E-state index in [4.69, 9.17) is 4.74 Å². The lowest BCUT2D eigenvalue weighted by atomic mass is 9.78. The summed E-state index contributed by atoms with van der Waals surface area (Å²) in [6.45, 7) is 6.30. The van der Waals surface area contributed by atoms with E-state index >= 15 is 0 Å². The van der Waals surface area contributed by atoms with Gasteiger partial charge in [0.15, 0.2) is 9.84 Å². The highest BCUT2D eigenvalue weighted by Crippen LogP contribution is 2.32. The number of hydrogen-bond acceptors (Lipinski definition) is 4. The number of nitrogens with one attached hydrogen (secondary N) is 1. The summed E-state index contributed by atoms with van der Waals surface area (Å²) in [5, 5.41) is 3.58. The minimum atomic E-state index is -3.06. The molecule has 1 aliphatic carbocycles. The molecule has 0 spiro atoms. The Labute approximate surface area is 123 Å². The maximum atomic E-state index is 12.2. The van der Waals surface area contributed by atoms with Crippen LogP contribution < -0.4 is 5.32 Å². The molecule has 0 aromatic carbocycles. The average Bonchev–Trinajstić information content (AvgIpc) is 2.40. The van der Waals surface area contributed by atoms with Crippen LogP contribution in [0, 0.1) is 11.8 Å². The first kappa shape index (κ1) is 16.2. The summed E-state index contributed by atoms with van der Waals surface area (Å²) >= 11 is 0. The number of sulfone groups is 1. The Bertz CT molecular complexity index is 415.